The Hall–Kier alpha value is -3.08. The van der Waals surface area contributed by atoms with E-state index in [2.05, 4.69) is 10.4 Å². The summed E-state index contributed by atoms with van der Waals surface area (Å²) in [6, 6.07) is 9.29. The maximum absolute atomic E-state index is 12.4. The molecule has 0 bridgehead atoms. The molecule has 5 N–H and O–H groups in total. The van der Waals surface area contributed by atoms with E-state index in [9.17, 15) is 23.1 Å². The number of para-hydroxylation sites is 1. The quantitative estimate of drug-likeness (QED) is 0.579. The standard InChI is InChI=1S/C17H22N4O2.C2HF3O2/c18-10-14(12-6-4-5-7-12)19-17(23)16-15(22)11-21(20-16)13-8-2-1-3-9-13;3-2(4,5)1(6)7/h1-3,8-9,11-12,14,22H,4-7,10,18H2,(H,19,23);(H,6,7). The van der Waals surface area contributed by atoms with E-state index >= 15 is 0 Å². The van der Waals surface area contributed by atoms with Crippen molar-refractivity contribution in [1.82, 2.24) is 15.1 Å². The molecule has 1 heterocycles. The fourth-order valence-corrected chi connectivity index (χ4v) is 3.21. The molecule has 30 heavy (non-hydrogen) atoms. The van der Waals surface area contributed by atoms with Crippen LogP contribution in [0.3, 0.4) is 0 Å². The van der Waals surface area contributed by atoms with Gasteiger partial charge in [-0.2, -0.15) is 18.3 Å². The summed E-state index contributed by atoms with van der Waals surface area (Å²) < 4.78 is 33.2. The summed E-state index contributed by atoms with van der Waals surface area (Å²) in [5.41, 5.74) is 6.63. The highest BCUT2D eigenvalue weighted by Crippen LogP contribution is 2.28. The van der Waals surface area contributed by atoms with Crippen LogP contribution < -0.4 is 11.1 Å². The van der Waals surface area contributed by atoms with Crippen molar-refractivity contribution >= 4 is 11.9 Å². The van der Waals surface area contributed by atoms with Crippen LogP contribution in [0.1, 0.15) is 36.2 Å². The first-order valence-electron chi connectivity index (χ1n) is 9.28. The molecule has 1 amide bonds. The first kappa shape index (κ1) is 23.2. The molecule has 1 unspecified atom stereocenters. The van der Waals surface area contributed by atoms with Gasteiger partial charge in [0.25, 0.3) is 5.91 Å². The van der Waals surface area contributed by atoms with Crippen LogP contribution in [-0.2, 0) is 4.79 Å². The van der Waals surface area contributed by atoms with Crippen molar-refractivity contribution in [3.63, 3.8) is 0 Å². The van der Waals surface area contributed by atoms with Gasteiger partial charge in [-0.3, -0.25) is 4.79 Å². The Morgan fingerprint density at radius 2 is 1.80 bits per heavy atom. The van der Waals surface area contributed by atoms with Gasteiger partial charge in [0, 0.05) is 12.6 Å². The molecule has 1 atom stereocenters. The number of aromatic nitrogens is 2. The Morgan fingerprint density at radius 3 is 2.30 bits per heavy atom. The minimum atomic E-state index is -5.08. The number of alkyl halides is 3. The molecule has 1 aromatic carbocycles. The van der Waals surface area contributed by atoms with E-state index in [4.69, 9.17) is 15.6 Å². The normalized spacial score (nSPS) is 15.2. The largest absolute Gasteiger partial charge is 0.504 e. The van der Waals surface area contributed by atoms with E-state index in [0.29, 0.717) is 12.5 Å². The van der Waals surface area contributed by atoms with Crippen molar-refractivity contribution in [3.05, 3.63) is 42.2 Å². The predicted octanol–water partition coefficient (Wildman–Crippen LogP) is 2.46. The van der Waals surface area contributed by atoms with Crippen LogP contribution in [0.4, 0.5) is 13.2 Å². The van der Waals surface area contributed by atoms with Crippen molar-refractivity contribution in [1.29, 1.82) is 0 Å². The summed E-state index contributed by atoms with van der Waals surface area (Å²) in [5, 5.41) is 24.3. The number of hydrogen-bond acceptors (Lipinski definition) is 5. The molecule has 0 radical (unpaired) electrons. The van der Waals surface area contributed by atoms with Crippen LogP contribution in [0.5, 0.6) is 5.75 Å². The molecule has 0 spiro atoms. The van der Waals surface area contributed by atoms with E-state index in [1.807, 2.05) is 30.3 Å². The molecule has 2 aromatic rings. The van der Waals surface area contributed by atoms with Crippen molar-refractivity contribution in [2.75, 3.05) is 6.54 Å². The number of nitrogens with zero attached hydrogens (tertiary/aromatic N) is 2. The van der Waals surface area contributed by atoms with Crippen LogP contribution in [0.15, 0.2) is 36.5 Å². The number of benzene rings is 1. The number of halogens is 3. The molecule has 1 aliphatic rings. The number of carbonyl (C=O) groups excluding carboxylic acids is 1. The maximum atomic E-state index is 12.4. The Bertz CT molecular complexity index is 849. The lowest BCUT2D eigenvalue weighted by Crippen LogP contribution is -2.44. The minimum Gasteiger partial charge on any atom is -0.504 e. The molecule has 1 aromatic heterocycles. The second-order valence-electron chi connectivity index (χ2n) is 6.81. The highest BCUT2D eigenvalue weighted by molar-refractivity contribution is 5.95. The summed E-state index contributed by atoms with van der Waals surface area (Å²) >= 11 is 0. The molecular formula is C19H23F3N4O4. The maximum Gasteiger partial charge on any atom is 0.490 e. The number of amides is 1. The van der Waals surface area contributed by atoms with Crippen molar-refractivity contribution < 1.29 is 33.0 Å². The van der Waals surface area contributed by atoms with E-state index in [-0.39, 0.29) is 23.4 Å². The molecule has 8 nitrogen and oxygen atoms in total. The van der Waals surface area contributed by atoms with Crippen molar-refractivity contribution in [3.8, 4) is 11.4 Å². The van der Waals surface area contributed by atoms with E-state index in [0.717, 1.165) is 18.5 Å². The Kier molecular flexibility index (Phi) is 7.81. The molecular weight excluding hydrogens is 405 g/mol. The van der Waals surface area contributed by atoms with Crippen LogP contribution in [0, 0.1) is 5.92 Å². The molecule has 1 saturated carbocycles. The van der Waals surface area contributed by atoms with Gasteiger partial charge in [-0.15, -0.1) is 0 Å². The molecule has 0 aliphatic heterocycles. The monoisotopic (exact) mass is 428 g/mol. The zero-order valence-corrected chi connectivity index (χ0v) is 16.0. The fraction of sp³-hybridized carbons (Fsp3) is 0.421. The smallest absolute Gasteiger partial charge is 0.490 e. The SMILES string of the molecule is NCC(NC(=O)c1nn(-c2ccccc2)cc1O)C1CCCC1.O=C(O)C(F)(F)F. The van der Waals surface area contributed by atoms with Gasteiger partial charge in [0.15, 0.2) is 11.4 Å². The van der Waals surface area contributed by atoms with E-state index in [1.165, 1.54) is 23.7 Å². The van der Waals surface area contributed by atoms with Gasteiger partial charge in [0.1, 0.15) is 0 Å². The van der Waals surface area contributed by atoms with Crippen LogP contribution in [0.25, 0.3) is 5.69 Å². The highest BCUT2D eigenvalue weighted by atomic mass is 19.4. The third-order valence-electron chi connectivity index (χ3n) is 4.71. The summed E-state index contributed by atoms with van der Waals surface area (Å²) in [6.45, 7) is 0.399. The predicted molar refractivity (Wildman–Crippen MR) is 101 cm³/mol. The van der Waals surface area contributed by atoms with E-state index in [1.54, 1.807) is 0 Å². The van der Waals surface area contributed by atoms with Crippen LogP contribution in [-0.4, -0.2) is 50.6 Å². The summed E-state index contributed by atoms with van der Waals surface area (Å²) in [7, 11) is 0. The van der Waals surface area contributed by atoms with Crippen LogP contribution >= 0.6 is 0 Å². The number of nitrogens with two attached hydrogens (primary N) is 1. The fourth-order valence-electron chi connectivity index (χ4n) is 3.21. The molecule has 164 valence electrons. The van der Waals surface area contributed by atoms with Gasteiger partial charge >= 0.3 is 12.1 Å². The molecule has 1 fully saturated rings. The average Bonchev–Trinajstić information content (AvgIpc) is 3.36. The topological polar surface area (TPSA) is 130 Å². The summed E-state index contributed by atoms with van der Waals surface area (Å²) in [5.74, 6) is -2.84. The van der Waals surface area contributed by atoms with Gasteiger partial charge in [-0.1, -0.05) is 31.0 Å². The summed E-state index contributed by atoms with van der Waals surface area (Å²) in [4.78, 5) is 21.3. The van der Waals surface area contributed by atoms with Crippen molar-refractivity contribution in [2.45, 2.75) is 37.9 Å². The number of rotatable bonds is 5. The zero-order valence-electron chi connectivity index (χ0n) is 16.0. The minimum absolute atomic E-state index is 0.0327. The van der Waals surface area contributed by atoms with Gasteiger partial charge < -0.3 is 21.3 Å². The number of carboxylic acids is 1. The van der Waals surface area contributed by atoms with Gasteiger partial charge in [0.05, 0.1) is 11.9 Å². The lowest BCUT2D eigenvalue weighted by molar-refractivity contribution is -0.192. The Balaban J connectivity index is 0.000000396. The average molecular weight is 428 g/mol. The number of carbonyl (C=O) groups is 2. The third kappa shape index (κ3) is 6.21. The molecule has 0 saturated heterocycles. The van der Waals surface area contributed by atoms with Gasteiger partial charge in [0.2, 0.25) is 0 Å². The second kappa shape index (κ2) is 10.1. The molecule has 3 rings (SSSR count). The highest BCUT2D eigenvalue weighted by Gasteiger charge is 2.38. The third-order valence-corrected chi connectivity index (χ3v) is 4.71. The molecule has 11 heteroatoms. The number of hydrogen-bond donors (Lipinski definition) is 4. The Morgan fingerprint density at radius 1 is 1.23 bits per heavy atom. The lowest BCUT2D eigenvalue weighted by atomic mass is 9.98. The number of aromatic hydroxyl groups is 1. The number of aliphatic carboxylic acids is 1. The number of nitrogens with one attached hydrogen (secondary N) is 1. The molecule has 1 aliphatic carbocycles. The van der Waals surface area contributed by atoms with E-state index < -0.39 is 12.1 Å². The van der Waals surface area contributed by atoms with Crippen LogP contribution in [0.2, 0.25) is 0 Å². The lowest BCUT2D eigenvalue weighted by Gasteiger charge is -2.22. The first-order valence-corrected chi connectivity index (χ1v) is 9.28. The Labute approximate surface area is 170 Å². The summed E-state index contributed by atoms with van der Waals surface area (Å²) in [6.07, 6.45) is 0.909. The van der Waals surface area contributed by atoms with Gasteiger partial charge in [-0.25, -0.2) is 9.48 Å². The second-order valence-corrected chi connectivity index (χ2v) is 6.81. The zero-order chi connectivity index (χ0) is 22.3. The first-order chi connectivity index (χ1) is 14.1. The van der Waals surface area contributed by atoms with Gasteiger partial charge in [-0.05, 0) is 30.9 Å². The van der Waals surface area contributed by atoms with Crippen molar-refractivity contribution in [2.24, 2.45) is 11.7 Å². The number of carboxylic acid groups (broad SMARTS) is 1.